The molecule has 0 N–H and O–H groups in total. The Kier molecular flexibility index (Phi) is 3.46. The molecule has 17 heavy (non-hydrogen) atoms. The molecule has 0 aromatic carbocycles. The Hall–Kier alpha value is -0.440. The van der Waals surface area contributed by atoms with Crippen LogP contribution in [-0.2, 0) is 19.4 Å². The second-order valence-electron chi connectivity index (χ2n) is 5.64. The molecule has 2 nitrogen and oxygen atoms in total. The number of fused-ring (bicyclic) bond motifs is 1. The van der Waals surface area contributed by atoms with Crippen molar-refractivity contribution in [3.05, 3.63) is 17.7 Å². The molecule has 0 aliphatic carbocycles. The van der Waals surface area contributed by atoms with Gasteiger partial charge in [-0.1, -0.05) is 13.3 Å². The molecule has 2 aliphatic heterocycles. The minimum absolute atomic E-state index is 0.827. The van der Waals surface area contributed by atoms with Crippen LogP contribution in [0.3, 0.4) is 0 Å². The fourth-order valence-electron chi connectivity index (χ4n) is 2.97. The normalized spacial score (nSPS) is 29.0. The van der Waals surface area contributed by atoms with Crippen LogP contribution in [-0.4, -0.2) is 20.6 Å². The Morgan fingerprint density at radius 3 is 3.18 bits per heavy atom. The van der Waals surface area contributed by atoms with Gasteiger partial charge in [0.15, 0.2) is 0 Å². The van der Waals surface area contributed by atoms with Crippen molar-refractivity contribution in [2.75, 3.05) is 5.75 Å². The van der Waals surface area contributed by atoms with Crippen LogP contribution in [0.1, 0.15) is 44.1 Å². The molecular formula is C14H22N2S. The highest BCUT2D eigenvalue weighted by Gasteiger charge is 2.20. The molecule has 1 saturated heterocycles. The van der Waals surface area contributed by atoms with Crippen molar-refractivity contribution in [2.24, 2.45) is 5.92 Å². The van der Waals surface area contributed by atoms with Gasteiger partial charge in [0.05, 0.1) is 5.69 Å². The zero-order chi connectivity index (χ0) is 11.7. The average Bonchev–Trinajstić information content (AvgIpc) is 2.71. The summed E-state index contributed by atoms with van der Waals surface area (Å²) in [4.78, 5) is 4.83. The largest absolute Gasteiger partial charge is 0.334 e. The number of aryl methyl sites for hydroxylation is 1. The van der Waals surface area contributed by atoms with E-state index in [9.17, 15) is 0 Å². The zero-order valence-corrected chi connectivity index (χ0v) is 11.5. The highest BCUT2D eigenvalue weighted by molar-refractivity contribution is 7.99. The minimum Gasteiger partial charge on any atom is -0.334 e. The van der Waals surface area contributed by atoms with E-state index in [-0.39, 0.29) is 0 Å². The maximum atomic E-state index is 4.83. The minimum atomic E-state index is 0.827. The van der Waals surface area contributed by atoms with Crippen LogP contribution in [0.25, 0.3) is 0 Å². The third kappa shape index (κ3) is 2.70. The fourth-order valence-corrected chi connectivity index (χ4v) is 4.30. The Bertz CT molecular complexity index is 380. The van der Waals surface area contributed by atoms with Crippen molar-refractivity contribution < 1.29 is 0 Å². The summed E-state index contributed by atoms with van der Waals surface area (Å²) in [6.45, 7) is 3.53. The highest BCUT2D eigenvalue weighted by atomic mass is 32.2. The summed E-state index contributed by atoms with van der Waals surface area (Å²) >= 11 is 2.16. The first-order valence-corrected chi connectivity index (χ1v) is 8.02. The Labute approximate surface area is 108 Å². The second-order valence-corrected chi connectivity index (χ2v) is 7.05. The van der Waals surface area contributed by atoms with Crippen molar-refractivity contribution in [3.63, 3.8) is 0 Å². The maximum Gasteiger partial charge on any atom is 0.108 e. The summed E-state index contributed by atoms with van der Waals surface area (Å²) in [7, 11) is 0. The monoisotopic (exact) mass is 250 g/mol. The molecule has 1 fully saturated rings. The molecule has 3 heterocycles. The average molecular weight is 250 g/mol. The van der Waals surface area contributed by atoms with E-state index in [1.54, 1.807) is 0 Å². The number of imidazole rings is 1. The lowest BCUT2D eigenvalue weighted by atomic mass is 10.0. The molecule has 3 rings (SSSR count). The van der Waals surface area contributed by atoms with E-state index >= 15 is 0 Å². The van der Waals surface area contributed by atoms with Gasteiger partial charge in [0.25, 0.3) is 0 Å². The summed E-state index contributed by atoms with van der Waals surface area (Å²) in [5.74, 6) is 3.52. The molecular weight excluding hydrogens is 228 g/mol. The number of nitrogens with zero attached hydrogens (tertiary/aromatic N) is 2. The third-order valence-electron chi connectivity index (χ3n) is 3.99. The number of rotatable bonds is 2. The van der Waals surface area contributed by atoms with Gasteiger partial charge in [-0.15, -0.1) is 0 Å². The van der Waals surface area contributed by atoms with Gasteiger partial charge >= 0.3 is 0 Å². The Morgan fingerprint density at radius 1 is 1.41 bits per heavy atom. The summed E-state index contributed by atoms with van der Waals surface area (Å²) in [6, 6.07) is 0. The smallest absolute Gasteiger partial charge is 0.108 e. The molecule has 0 radical (unpaired) electrons. The molecule has 2 aliphatic rings. The number of thioether (sulfide) groups is 1. The Balaban J connectivity index is 1.67. The number of hydrogen-bond acceptors (Lipinski definition) is 2. The zero-order valence-electron chi connectivity index (χ0n) is 10.7. The molecule has 0 bridgehead atoms. The molecule has 3 heteroatoms. The molecule has 2 atom stereocenters. The number of hydrogen-bond donors (Lipinski definition) is 0. The van der Waals surface area contributed by atoms with Gasteiger partial charge in [0.1, 0.15) is 5.82 Å². The van der Waals surface area contributed by atoms with Crippen LogP contribution in [0.2, 0.25) is 0 Å². The van der Waals surface area contributed by atoms with E-state index in [0.29, 0.717) is 0 Å². The lowest BCUT2D eigenvalue weighted by molar-refractivity contribution is 0.394. The van der Waals surface area contributed by atoms with Crippen molar-refractivity contribution in [1.82, 2.24) is 9.55 Å². The summed E-state index contributed by atoms with van der Waals surface area (Å²) < 4.78 is 2.40. The summed E-state index contributed by atoms with van der Waals surface area (Å²) in [5, 5.41) is 0.832. The molecule has 0 saturated carbocycles. The molecule has 2 unspecified atom stereocenters. The van der Waals surface area contributed by atoms with Crippen molar-refractivity contribution >= 4 is 11.8 Å². The standard InChI is InChI=1S/C14H22N2S/c1-11-5-6-14-15-12(10-16(14)9-11)8-13-4-2-3-7-17-13/h10-11,13H,2-9H2,1H3. The quantitative estimate of drug-likeness (QED) is 0.801. The topological polar surface area (TPSA) is 17.8 Å². The van der Waals surface area contributed by atoms with Crippen LogP contribution in [0.5, 0.6) is 0 Å². The maximum absolute atomic E-state index is 4.83. The van der Waals surface area contributed by atoms with Crippen molar-refractivity contribution in [3.8, 4) is 0 Å². The molecule has 0 amide bonds. The SMILES string of the molecule is CC1CCc2nc(CC3CCCCS3)cn2C1. The van der Waals surface area contributed by atoms with E-state index in [2.05, 4.69) is 29.4 Å². The second kappa shape index (κ2) is 5.05. The van der Waals surface area contributed by atoms with Gasteiger partial charge in [-0.25, -0.2) is 4.98 Å². The van der Waals surface area contributed by atoms with Gasteiger partial charge in [-0.3, -0.25) is 0 Å². The third-order valence-corrected chi connectivity index (χ3v) is 5.39. The van der Waals surface area contributed by atoms with E-state index in [0.717, 1.165) is 11.2 Å². The van der Waals surface area contributed by atoms with E-state index in [4.69, 9.17) is 4.98 Å². The van der Waals surface area contributed by atoms with Crippen molar-refractivity contribution in [2.45, 2.75) is 57.2 Å². The highest BCUT2D eigenvalue weighted by Crippen LogP contribution is 2.28. The van der Waals surface area contributed by atoms with Crippen LogP contribution in [0.4, 0.5) is 0 Å². The first-order valence-electron chi connectivity index (χ1n) is 6.98. The van der Waals surface area contributed by atoms with Gasteiger partial charge in [-0.05, 0) is 30.9 Å². The summed E-state index contributed by atoms with van der Waals surface area (Å²) in [6.07, 6.45) is 10.2. The van der Waals surface area contributed by atoms with Crippen LogP contribution in [0, 0.1) is 5.92 Å². The molecule has 0 spiro atoms. The number of aromatic nitrogens is 2. The van der Waals surface area contributed by atoms with Crippen molar-refractivity contribution in [1.29, 1.82) is 0 Å². The van der Waals surface area contributed by atoms with Gasteiger partial charge in [0.2, 0.25) is 0 Å². The van der Waals surface area contributed by atoms with Crippen LogP contribution >= 0.6 is 11.8 Å². The van der Waals surface area contributed by atoms with Crippen LogP contribution < -0.4 is 0 Å². The molecule has 1 aromatic rings. The first-order chi connectivity index (χ1) is 8.31. The van der Waals surface area contributed by atoms with E-state index in [1.165, 1.54) is 62.3 Å². The summed E-state index contributed by atoms with van der Waals surface area (Å²) in [5.41, 5.74) is 1.34. The molecule has 1 aromatic heterocycles. The van der Waals surface area contributed by atoms with Gasteiger partial charge < -0.3 is 4.57 Å². The van der Waals surface area contributed by atoms with E-state index in [1.807, 2.05) is 0 Å². The van der Waals surface area contributed by atoms with Crippen LogP contribution in [0.15, 0.2) is 6.20 Å². The predicted octanol–water partition coefficient (Wildman–Crippen LogP) is 3.29. The fraction of sp³-hybridized carbons (Fsp3) is 0.786. The lowest BCUT2D eigenvalue weighted by Gasteiger charge is -2.20. The van der Waals surface area contributed by atoms with Gasteiger partial charge in [-0.2, -0.15) is 11.8 Å². The first kappa shape index (κ1) is 11.6. The molecule has 94 valence electrons. The predicted molar refractivity (Wildman–Crippen MR) is 73.5 cm³/mol. The Morgan fingerprint density at radius 2 is 2.35 bits per heavy atom. The van der Waals surface area contributed by atoms with E-state index < -0.39 is 0 Å². The van der Waals surface area contributed by atoms with Gasteiger partial charge in [0, 0.05) is 30.8 Å². The lowest BCUT2D eigenvalue weighted by Crippen LogP contribution is -2.17.